The van der Waals surface area contributed by atoms with Crippen molar-refractivity contribution in [3.63, 3.8) is 0 Å². The molecule has 1 aliphatic carbocycles. The number of nitrogens with zero attached hydrogens (tertiary/aromatic N) is 1. The summed E-state index contributed by atoms with van der Waals surface area (Å²) in [6.45, 7) is 0.364. The highest BCUT2D eigenvalue weighted by Gasteiger charge is 2.38. The van der Waals surface area contributed by atoms with Crippen molar-refractivity contribution in [3.8, 4) is 0 Å². The fraction of sp³-hybridized carbons (Fsp3) is 0.357. The lowest BCUT2D eigenvalue weighted by Crippen LogP contribution is -2.40. The van der Waals surface area contributed by atoms with Gasteiger partial charge in [0.25, 0.3) is 11.8 Å². The Bertz CT molecular complexity index is 608. The van der Waals surface area contributed by atoms with Gasteiger partial charge in [0, 0.05) is 12.2 Å². The first-order chi connectivity index (χ1) is 9.58. The number of hydrogen-bond acceptors (Lipinski definition) is 4. The zero-order chi connectivity index (χ0) is 14.3. The molecule has 104 valence electrons. The van der Waals surface area contributed by atoms with Crippen LogP contribution in [-0.4, -0.2) is 35.7 Å². The van der Waals surface area contributed by atoms with Crippen LogP contribution in [0.15, 0.2) is 18.2 Å². The number of amides is 3. The zero-order valence-electron chi connectivity index (χ0n) is 10.9. The third-order valence-corrected chi connectivity index (χ3v) is 3.62. The zero-order valence-corrected chi connectivity index (χ0v) is 10.9. The topological polar surface area (TPSA) is 92.5 Å². The number of anilines is 1. The predicted molar refractivity (Wildman–Crippen MR) is 72.0 cm³/mol. The number of nitrogens with one attached hydrogen (secondary N) is 1. The van der Waals surface area contributed by atoms with Crippen LogP contribution in [-0.2, 0) is 4.79 Å². The van der Waals surface area contributed by atoms with Crippen LogP contribution < -0.4 is 11.1 Å². The normalized spacial score (nSPS) is 17.3. The standard InChI is InChI=1S/C14H15N3O3/c15-10-3-1-2-9-12(10)14(20)17(13(9)19)7-11(18)16-6-8-4-5-8/h1-3,8H,4-7,15H2,(H,16,18). The van der Waals surface area contributed by atoms with Crippen LogP contribution in [0.4, 0.5) is 5.69 Å². The van der Waals surface area contributed by atoms with Crippen molar-refractivity contribution < 1.29 is 14.4 Å². The molecular weight excluding hydrogens is 258 g/mol. The molecule has 1 saturated carbocycles. The van der Waals surface area contributed by atoms with Gasteiger partial charge >= 0.3 is 0 Å². The Balaban J connectivity index is 1.72. The lowest BCUT2D eigenvalue weighted by atomic mass is 10.1. The molecular formula is C14H15N3O3. The second-order valence-corrected chi connectivity index (χ2v) is 5.21. The van der Waals surface area contributed by atoms with E-state index in [1.165, 1.54) is 0 Å². The molecule has 0 saturated heterocycles. The molecule has 0 unspecified atom stereocenters. The van der Waals surface area contributed by atoms with Crippen LogP contribution in [0, 0.1) is 5.92 Å². The molecule has 0 spiro atoms. The summed E-state index contributed by atoms with van der Waals surface area (Å²) in [4.78, 5) is 37.0. The molecule has 0 radical (unpaired) electrons. The number of hydrogen-bond donors (Lipinski definition) is 2. The van der Waals surface area contributed by atoms with Crippen molar-refractivity contribution in [2.45, 2.75) is 12.8 Å². The molecule has 1 aromatic carbocycles. The van der Waals surface area contributed by atoms with Crippen molar-refractivity contribution >= 4 is 23.4 Å². The first-order valence-electron chi connectivity index (χ1n) is 6.59. The largest absolute Gasteiger partial charge is 0.398 e. The predicted octanol–water partition coefficient (Wildman–Crippen LogP) is 0.391. The molecule has 0 aromatic heterocycles. The molecule has 2 aliphatic rings. The smallest absolute Gasteiger partial charge is 0.264 e. The summed E-state index contributed by atoms with van der Waals surface area (Å²) in [6, 6.07) is 4.74. The minimum absolute atomic E-state index is 0.201. The Morgan fingerprint density at radius 3 is 2.70 bits per heavy atom. The van der Waals surface area contributed by atoms with Gasteiger partial charge in [0.1, 0.15) is 6.54 Å². The van der Waals surface area contributed by atoms with Crippen molar-refractivity contribution in [2.75, 3.05) is 18.8 Å². The number of carbonyl (C=O) groups excluding carboxylic acids is 3. The Labute approximate surface area is 115 Å². The molecule has 1 aliphatic heterocycles. The fourth-order valence-electron chi connectivity index (χ4n) is 2.28. The molecule has 0 atom stereocenters. The average Bonchev–Trinajstić information content (AvgIpc) is 3.21. The highest BCUT2D eigenvalue weighted by atomic mass is 16.2. The first kappa shape index (κ1) is 12.7. The van der Waals surface area contributed by atoms with Crippen molar-refractivity contribution in [3.05, 3.63) is 29.3 Å². The molecule has 6 nitrogen and oxygen atoms in total. The van der Waals surface area contributed by atoms with Crippen LogP contribution in [0.3, 0.4) is 0 Å². The third-order valence-electron chi connectivity index (χ3n) is 3.62. The molecule has 3 N–H and O–H groups in total. The van der Waals surface area contributed by atoms with Crippen LogP contribution in [0.25, 0.3) is 0 Å². The van der Waals surface area contributed by atoms with E-state index < -0.39 is 11.8 Å². The van der Waals surface area contributed by atoms with Gasteiger partial charge in [-0.25, -0.2) is 0 Å². The maximum absolute atomic E-state index is 12.2. The van der Waals surface area contributed by atoms with Gasteiger partial charge in [0.15, 0.2) is 0 Å². The number of imide groups is 1. The third kappa shape index (κ3) is 2.13. The summed E-state index contributed by atoms with van der Waals surface area (Å²) in [5, 5.41) is 2.74. The first-order valence-corrected chi connectivity index (χ1v) is 6.59. The SMILES string of the molecule is Nc1cccc2c1C(=O)N(CC(=O)NCC1CC1)C2=O. The van der Waals surface area contributed by atoms with Gasteiger partial charge in [0.2, 0.25) is 5.91 Å². The molecule has 6 heteroatoms. The van der Waals surface area contributed by atoms with Crippen molar-refractivity contribution in [1.29, 1.82) is 0 Å². The Morgan fingerprint density at radius 1 is 1.30 bits per heavy atom. The highest BCUT2D eigenvalue weighted by Crippen LogP contribution is 2.28. The number of fused-ring (bicyclic) bond motifs is 1. The molecule has 1 fully saturated rings. The Hall–Kier alpha value is -2.37. The number of carbonyl (C=O) groups is 3. The van der Waals surface area contributed by atoms with E-state index in [0.29, 0.717) is 12.5 Å². The second-order valence-electron chi connectivity index (χ2n) is 5.21. The Morgan fingerprint density at radius 2 is 2.05 bits per heavy atom. The maximum atomic E-state index is 12.2. The van der Waals surface area contributed by atoms with Crippen LogP contribution in [0.1, 0.15) is 33.6 Å². The van der Waals surface area contributed by atoms with Gasteiger partial charge in [-0.3, -0.25) is 19.3 Å². The van der Waals surface area contributed by atoms with Crippen molar-refractivity contribution in [1.82, 2.24) is 10.2 Å². The quantitative estimate of drug-likeness (QED) is 0.613. The van der Waals surface area contributed by atoms with E-state index in [1.54, 1.807) is 18.2 Å². The minimum atomic E-state index is -0.496. The summed E-state index contributed by atoms with van der Waals surface area (Å²) >= 11 is 0. The van der Waals surface area contributed by atoms with E-state index in [-0.39, 0.29) is 29.3 Å². The molecule has 3 rings (SSSR count). The van der Waals surface area contributed by atoms with Gasteiger partial charge in [-0.05, 0) is 30.9 Å². The molecule has 3 amide bonds. The van der Waals surface area contributed by atoms with E-state index in [0.717, 1.165) is 17.7 Å². The summed E-state index contributed by atoms with van der Waals surface area (Å²) in [6.07, 6.45) is 2.26. The molecule has 1 aromatic rings. The van der Waals surface area contributed by atoms with Crippen LogP contribution in [0.2, 0.25) is 0 Å². The van der Waals surface area contributed by atoms with Gasteiger partial charge in [0.05, 0.1) is 11.1 Å². The number of rotatable bonds is 4. The molecule has 20 heavy (non-hydrogen) atoms. The minimum Gasteiger partial charge on any atom is -0.398 e. The average molecular weight is 273 g/mol. The fourth-order valence-corrected chi connectivity index (χ4v) is 2.28. The van der Waals surface area contributed by atoms with Gasteiger partial charge in [-0.15, -0.1) is 0 Å². The Kier molecular flexibility index (Phi) is 2.93. The lowest BCUT2D eigenvalue weighted by Gasteiger charge is -2.13. The highest BCUT2D eigenvalue weighted by molar-refractivity contribution is 6.24. The van der Waals surface area contributed by atoms with E-state index in [4.69, 9.17) is 5.73 Å². The summed E-state index contributed by atoms with van der Waals surface area (Å²) in [5.74, 6) is -0.717. The summed E-state index contributed by atoms with van der Waals surface area (Å²) in [7, 11) is 0. The lowest BCUT2D eigenvalue weighted by molar-refractivity contribution is -0.121. The monoisotopic (exact) mass is 273 g/mol. The maximum Gasteiger partial charge on any atom is 0.264 e. The van der Waals surface area contributed by atoms with Crippen LogP contribution >= 0.6 is 0 Å². The summed E-state index contributed by atoms with van der Waals surface area (Å²) in [5.41, 5.74) is 6.46. The van der Waals surface area contributed by atoms with E-state index in [2.05, 4.69) is 5.32 Å². The van der Waals surface area contributed by atoms with Gasteiger partial charge in [-0.2, -0.15) is 0 Å². The van der Waals surface area contributed by atoms with Gasteiger partial charge < -0.3 is 11.1 Å². The molecule has 1 heterocycles. The van der Waals surface area contributed by atoms with E-state index in [9.17, 15) is 14.4 Å². The number of benzene rings is 1. The van der Waals surface area contributed by atoms with E-state index >= 15 is 0 Å². The second kappa shape index (κ2) is 4.63. The van der Waals surface area contributed by atoms with Crippen molar-refractivity contribution in [2.24, 2.45) is 5.92 Å². The number of nitrogens with two attached hydrogens (primary N) is 1. The van der Waals surface area contributed by atoms with Gasteiger partial charge in [-0.1, -0.05) is 6.07 Å². The summed E-state index contributed by atoms with van der Waals surface area (Å²) < 4.78 is 0. The molecule has 0 bridgehead atoms. The van der Waals surface area contributed by atoms with E-state index in [1.807, 2.05) is 0 Å². The number of nitrogen functional groups attached to an aromatic ring is 1. The van der Waals surface area contributed by atoms with Crippen LogP contribution in [0.5, 0.6) is 0 Å².